The molecule has 2 aliphatic heterocycles. The van der Waals surface area contributed by atoms with Gasteiger partial charge in [-0.3, -0.25) is 10.2 Å². The number of carbonyl (C=O) groups is 1. The Balaban J connectivity index is 1.30. The van der Waals surface area contributed by atoms with Crippen molar-refractivity contribution in [2.75, 3.05) is 64.3 Å². The highest BCUT2D eigenvalue weighted by molar-refractivity contribution is 7.14. The first-order valence-corrected chi connectivity index (χ1v) is 12.8. The molecule has 2 saturated heterocycles. The molecule has 1 aromatic carbocycles. The van der Waals surface area contributed by atoms with E-state index in [9.17, 15) is 4.79 Å². The fraction of sp³-hybridized carbons (Fsp3) is 0.583. The topological polar surface area (TPSA) is 60.9 Å². The van der Waals surface area contributed by atoms with Crippen LogP contribution in [0.4, 0.5) is 9.93 Å². The van der Waals surface area contributed by atoms with Crippen molar-refractivity contribution < 1.29 is 9.53 Å². The van der Waals surface area contributed by atoms with E-state index < -0.39 is 0 Å². The predicted molar refractivity (Wildman–Crippen MR) is 131 cm³/mol. The number of aromatic nitrogens is 1. The number of amides is 2. The summed E-state index contributed by atoms with van der Waals surface area (Å²) < 4.78 is 5.80. The molecule has 174 valence electrons. The highest BCUT2D eigenvalue weighted by Crippen LogP contribution is 2.33. The molecule has 0 spiro atoms. The summed E-state index contributed by atoms with van der Waals surface area (Å²) >= 11 is 1.46. The molecule has 0 atom stereocenters. The lowest BCUT2D eigenvalue weighted by molar-refractivity contribution is 0.137. The molecule has 4 rings (SSSR count). The van der Waals surface area contributed by atoms with Crippen LogP contribution in [0.5, 0.6) is 5.75 Å². The number of nitrogens with zero attached hydrogens (tertiary/aromatic N) is 4. The molecule has 2 fully saturated rings. The standard InChI is InChI=1S/C24H35N5O2S/c1-3-19-7-8-22(31-4-2)20(17-19)21-18-32-23(25-21)26-24(30)29-15-13-28(14-16-29)12-11-27-9-5-6-10-27/h7-8,17-18H,3-6,9-16H2,1-2H3,(H,25,26,30). The van der Waals surface area contributed by atoms with Gasteiger partial charge in [0, 0.05) is 50.2 Å². The Kier molecular flexibility index (Phi) is 8.00. The van der Waals surface area contributed by atoms with Crippen LogP contribution >= 0.6 is 11.3 Å². The maximum absolute atomic E-state index is 12.8. The minimum Gasteiger partial charge on any atom is -0.493 e. The van der Waals surface area contributed by atoms with Gasteiger partial charge in [0.05, 0.1) is 12.3 Å². The van der Waals surface area contributed by atoms with Crippen LogP contribution < -0.4 is 10.1 Å². The third kappa shape index (κ3) is 5.79. The van der Waals surface area contributed by atoms with Crippen molar-refractivity contribution in [3.05, 3.63) is 29.1 Å². The SMILES string of the molecule is CCOc1ccc(CC)cc1-c1csc(NC(=O)N2CCN(CCN3CCCC3)CC2)n1. The number of anilines is 1. The number of hydrogen-bond donors (Lipinski definition) is 1. The van der Waals surface area contributed by atoms with Crippen molar-refractivity contribution in [3.63, 3.8) is 0 Å². The average molecular weight is 458 g/mol. The van der Waals surface area contributed by atoms with Crippen LogP contribution in [0.3, 0.4) is 0 Å². The lowest BCUT2D eigenvalue weighted by Crippen LogP contribution is -2.51. The molecule has 1 N–H and O–H groups in total. The number of ether oxygens (including phenoxy) is 1. The van der Waals surface area contributed by atoms with Crippen molar-refractivity contribution in [2.45, 2.75) is 33.1 Å². The molecule has 2 aromatic rings. The minimum absolute atomic E-state index is 0.0579. The van der Waals surface area contributed by atoms with Crippen molar-refractivity contribution in [3.8, 4) is 17.0 Å². The maximum atomic E-state index is 12.8. The van der Waals surface area contributed by atoms with Crippen molar-refractivity contribution in [1.29, 1.82) is 0 Å². The Bertz CT molecular complexity index is 888. The first-order chi connectivity index (χ1) is 15.7. The number of likely N-dealkylation sites (tertiary alicyclic amines) is 1. The Labute approximate surface area is 195 Å². The van der Waals surface area contributed by atoms with Gasteiger partial charge in [-0.25, -0.2) is 9.78 Å². The van der Waals surface area contributed by atoms with E-state index in [1.54, 1.807) is 0 Å². The lowest BCUT2D eigenvalue weighted by Gasteiger charge is -2.35. The number of thiazole rings is 1. The first kappa shape index (κ1) is 23.0. The number of urea groups is 1. The summed E-state index contributed by atoms with van der Waals surface area (Å²) in [4.78, 5) is 24.4. The fourth-order valence-corrected chi connectivity index (χ4v) is 5.07. The van der Waals surface area contributed by atoms with Gasteiger partial charge in [0.15, 0.2) is 5.13 Å². The largest absolute Gasteiger partial charge is 0.493 e. The van der Waals surface area contributed by atoms with E-state index in [0.717, 1.165) is 62.7 Å². The molecule has 3 heterocycles. The number of nitrogens with one attached hydrogen (secondary N) is 1. The molecule has 0 aliphatic carbocycles. The second kappa shape index (κ2) is 11.1. The van der Waals surface area contributed by atoms with Gasteiger partial charge in [-0.05, 0) is 57.0 Å². The molecule has 2 amide bonds. The summed E-state index contributed by atoms with van der Waals surface area (Å²) in [6.45, 7) is 12.9. The van der Waals surface area contributed by atoms with Crippen molar-refractivity contribution >= 4 is 22.5 Å². The summed E-state index contributed by atoms with van der Waals surface area (Å²) in [5.41, 5.74) is 3.06. The van der Waals surface area contributed by atoms with Crippen LogP contribution in [0.1, 0.15) is 32.3 Å². The van der Waals surface area contributed by atoms with Gasteiger partial charge in [-0.15, -0.1) is 11.3 Å². The third-order valence-corrected chi connectivity index (χ3v) is 7.09. The number of benzene rings is 1. The summed E-state index contributed by atoms with van der Waals surface area (Å²) in [6, 6.07) is 6.18. The molecule has 0 unspecified atom stereocenters. The smallest absolute Gasteiger partial charge is 0.323 e. The van der Waals surface area contributed by atoms with Gasteiger partial charge < -0.3 is 14.5 Å². The zero-order valence-corrected chi connectivity index (χ0v) is 20.1. The van der Waals surface area contributed by atoms with Crippen LogP contribution in [0.2, 0.25) is 0 Å². The Morgan fingerprint density at radius 1 is 1.06 bits per heavy atom. The molecular formula is C24H35N5O2S. The molecule has 7 nitrogen and oxygen atoms in total. The van der Waals surface area contributed by atoms with E-state index in [1.165, 1.54) is 42.8 Å². The highest BCUT2D eigenvalue weighted by atomic mass is 32.1. The predicted octanol–water partition coefficient (Wildman–Crippen LogP) is 4.02. The molecule has 0 saturated carbocycles. The zero-order chi connectivity index (χ0) is 22.3. The Hall–Kier alpha value is -2.16. The first-order valence-electron chi connectivity index (χ1n) is 11.9. The van der Waals surface area contributed by atoms with Crippen molar-refractivity contribution in [1.82, 2.24) is 19.7 Å². The Morgan fingerprint density at radius 3 is 2.47 bits per heavy atom. The van der Waals surface area contributed by atoms with Gasteiger partial charge in [0.25, 0.3) is 0 Å². The van der Waals surface area contributed by atoms with Crippen LogP contribution in [-0.2, 0) is 6.42 Å². The summed E-state index contributed by atoms with van der Waals surface area (Å²) in [5.74, 6) is 0.831. The van der Waals surface area contributed by atoms with E-state index in [2.05, 4.69) is 39.2 Å². The zero-order valence-electron chi connectivity index (χ0n) is 19.3. The summed E-state index contributed by atoms with van der Waals surface area (Å²) in [5, 5.41) is 5.62. The third-order valence-electron chi connectivity index (χ3n) is 6.34. The van der Waals surface area contributed by atoms with E-state index >= 15 is 0 Å². The second-order valence-corrected chi connectivity index (χ2v) is 9.32. The van der Waals surface area contributed by atoms with Gasteiger partial charge in [-0.1, -0.05) is 13.0 Å². The Morgan fingerprint density at radius 2 is 1.78 bits per heavy atom. The van der Waals surface area contributed by atoms with E-state index in [-0.39, 0.29) is 6.03 Å². The fourth-order valence-electron chi connectivity index (χ4n) is 4.37. The maximum Gasteiger partial charge on any atom is 0.323 e. The molecule has 32 heavy (non-hydrogen) atoms. The number of rotatable bonds is 8. The van der Waals surface area contributed by atoms with Crippen LogP contribution in [0.15, 0.2) is 23.6 Å². The van der Waals surface area contributed by atoms with E-state index in [0.29, 0.717) is 11.7 Å². The van der Waals surface area contributed by atoms with Crippen molar-refractivity contribution in [2.24, 2.45) is 0 Å². The lowest BCUT2D eigenvalue weighted by atomic mass is 10.1. The molecule has 2 aliphatic rings. The van der Waals surface area contributed by atoms with E-state index in [1.807, 2.05) is 23.3 Å². The molecule has 8 heteroatoms. The van der Waals surface area contributed by atoms with Gasteiger partial charge >= 0.3 is 6.03 Å². The second-order valence-electron chi connectivity index (χ2n) is 8.46. The van der Waals surface area contributed by atoms with Gasteiger partial charge in [0.2, 0.25) is 0 Å². The van der Waals surface area contributed by atoms with Gasteiger partial charge in [-0.2, -0.15) is 0 Å². The highest BCUT2D eigenvalue weighted by Gasteiger charge is 2.23. The quantitative estimate of drug-likeness (QED) is 0.649. The normalized spacial score (nSPS) is 17.6. The number of piperazine rings is 1. The van der Waals surface area contributed by atoms with Crippen LogP contribution in [0.25, 0.3) is 11.3 Å². The van der Waals surface area contributed by atoms with Crippen LogP contribution in [0, 0.1) is 0 Å². The minimum atomic E-state index is -0.0579. The molecular weight excluding hydrogens is 422 g/mol. The van der Waals surface area contributed by atoms with Gasteiger partial charge in [0.1, 0.15) is 5.75 Å². The number of hydrogen-bond acceptors (Lipinski definition) is 6. The number of aryl methyl sites for hydroxylation is 1. The average Bonchev–Trinajstić information content (AvgIpc) is 3.51. The van der Waals surface area contributed by atoms with E-state index in [4.69, 9.17) is 4.74 Å². The summed E-state index contributed by atoms with van der Waals surface area (Å²) in [6.07, 6.45) is 3.63. The molecule has 0 bridgehead atoms. The summed E-state index contributed by atoms with van der Waals surface area (Å²) in [7, 11) is 0. The number of carbonyl (C=O) groups excluding carboxylic acids is 1. The molecule has 0 radical (unpaired) electrons. The molecule has 1 aromatic heterocycles. The van der Waals surface area contributed by atoms with Crippen LogP contribution in [-0.4, -0.2) is 84.7 Å². The monoisotopic (exact) mass is 457 g/mol.